The molecule has 0 saturated heterocycles. The minimum absolute atomic E-state index is 0.230. The van der Waals surface area contributed by atoms with Crippen LogP contribution in [-0.2, 0) is 10.0 Å². The second-order valence-corrected chi connectivity index (χ2v) is 5.59. The Morgan fingerprint density at radius 2 is 2.00 bits per heavy atom. The zero-order chi connectivity index (χ0) is 11.5. The van der Waals surface area contributed by atoms with Crippen molar-refractivity contribution in [2.45, 2.75) is 18.6 Å². The van der Waals surface area contributed by atoms with Gasteiger partial charge in [-0.3, -0.25) is 0 Å². The van der Waals surface area contributed by atoms with Gasteiger partial charge in [0.2, 0.25) is 10.0 Å². The number of nitrogens with zero attached hydrogens (tertiary/aromatic N) is 1. The minimum atomic E-state index is -3.85. The zero-order valence-electron chi connectivity index (χ0n) is 7.78. The summed E-state index contributed by atoms with van der Waals surface area (Å²) in [6.45, 7) is 0.412. The second kappa shape index (κ2) is 4.94. The Hall–Kier alpha value is -0.340. The van der Waals surface area contributed by atoms with Gasteiger partial charge in [0.25, 0.3) is 6.43 Å². The lowest BCUT2D eigenvalue weighted by Gasteiger charge is -2.20. The van der Waals surface area contributed by atoms with Gasteiger partial charge in [-0.05, 0) is 6.92 Å². The molecule has 0 bridgehead atoms. The van der Waals surface area contributed by atoms with E-state index >= 15 is 0 Å². The van der Waals surface area contributed by atoms with Gasteiger partial charge in [0, 0.05) is 7.05 Å². The summed E-state index contributed by atoms with van der Waals surface area (Å²) in [5.74, 6) is 0. The van der Waals surface area contributed by atoms with E-state index in [1.165, 1.54) is 6.92 Å². The maximum atomic E-state index is 11.9. The molecule has 0 aliphatic heterocycles. The SMILES string of the molecule is CC(C(N)=S)S(=O)(=O)N(C)CC(F)F. The topological polar surface area (TPSA) is 63.4 Å². The minimum Gasteiger partial charge on any atom is -0.392 e. The van der Waals surface area contributed by atoms with Crippen molar-refractivity contribution in [2.24, 2.45) is 5.73 Å². The molecule has 0 radical (unpaired) electrons. The predicted octanol–water partition coefficient (Wildman–Crippen LogP) is 0.188. The highest BCUT2D eigenvalue weighted by atomic mass is 32.2. The molecule has 4 nitrogen and oxygen atoms in total. The quantitative estimate of drug-likeness (QED) is 0.703. The summed E-state index contributed by atoms with van der Waals surface area (Å²) >= 11 is 4.48. The van der Waals surface area contributed by atoms with Gasteiger partial charge < -0.3 is 5.73 Å². The van der Waals surface area contributed by atoms with Gasteiger partial charge in [0.1, 0.15) is 5.25 Å². The Balaban J connectivity index is 4.70. The van der Waals surface area contributed by atoms with Crippen LogP contribution in [0, 0.1) is 0 Å². The van der Waals surface area contributed by atoms with Crippen LogP contribution in [0.2, 0.25) is 0 Å². The van der Waals surface area contributed by atoms with Crippen LogP contribution in [0.4, 0.5) is 8.78 Å². The molecule has 0 aromatic rings. The molecule has 0 rings (SSSR count). The van der Waals surface area contributed by atoms with Gasteiger partial charge in [-0.15, -0.1) is 0 Å². The predicted molar refractivity (Wildman–Crippen MR) is 53.8 cm³/mol. The Kier molecular flexibility index (Phi) is 4.82. The van der Waals surface area contributed by atoms with Crippen LogP contribution >= 0.6 is 12.2 Å². The highest BCUT2D eigenvalue weighted by Gasteiger charge is 2.29. The number of halogens is 2. The molecule has 0 aromatic heterocycles. The van der Waals surface area contributed by atoms with Crippen LogP contribution < -0.4 is 5.73 Å². The monoisotopic (exact) mass is 246 g/mol. The molecule has 14 heavy (non-hydrogen) atoms. The highest BCUT2D eigenvalue weighted by molar-refractivity contribution is 7.92. The molecule has 0 saturated carbocycles. The highest BCUT2D eigenvalue weighted by Crippen LogP contribution is 2.09. The lowest BCUT2D eigenvalue weighted by atomic mass is 10.5. The standard InChI is InChI=1S/C6H12F2N2O2S2/c1-4(6(9)13)14(11,12)10(2)3-5(7)8/h4-5H,3H2,1-2H3,(H2,9,13). The Labute approximate surface area is 87.1 Å². The van der Waals surface area contributed by atoms with Crippen molar-refractivity contribution in [1.29, 1.82) is 0 Å². The molecule has 0 amide bonds. The van der Waals surface area contributed by atoms with Crippen LogP contribution in [-0.4, -0.2) is 43.0 Å². The molecule has 0 spiro atoms. The molecule has 0 heterocycles. The molecule has 1 atom stereocenters. The number of alkyl halides is 2. The van der Waals surface area contributed by atoms with Crippen molar-refractivity contribution >= 4 is 27.2 Å². The first-order valence-corrected chi connectivity index (χ1v) is 5.63. The fourth-order valence-electron chi connectivity index (χ4n) is 0.715. The van der Waals surface area contributed by atoms with Crippen molar-refractivity contribution in [2.75, 3.05) is 13.6 Å². The smallest absolute Gasteiger partial charge is 0.252 e. The third-order valence-electron chi connectivity index (χ3n) is 1.68. The normalized spacial score (nSPS) is 14.7. The maximum absolute atomic E-state index is 11.9. The van der Waals surface area contributed by atoms with Crippen molar-refractivity contribution < 1.29 is 17.2 Å². The van der Waals surface area contributed by atoms with E-state index in [1.807, 2.05) is 0 Å². The lowest BCUT2D eigenvalue weighted by Crippen LogP contribution is -2.42. The molecule has 0 aromatic carbocycles. The number of hydrogen-bond acceptors (Lipinski definition) is 3. The van der Waals surface area contributed by atoms with Gasteiger partial charge in [0.15, 0.2) is 0 Å². The van der Waals surface area contributed by atoms with Gasteiger partial charge in [0.05, 0.1) is 11.5 Å². The summed E-state index contributed by atoms with van der Waals surface area (Å²) in [7, 11) is -2.78. The fourth-order valence-corrected chi connectivity index (χ4v) is 2.23. The summed E-state index contributed by atoms with van der Waals surface area (Å²) in [4.78, 5) is -0.230. The first-order chi connectivity index (χ1) is 6.19. The Bertz CT molecular complexity index is 305. The second-order valence-electron chi connectivity index (χ2n) is 2.76. The molecular weight excluding hydrogens is 234 g/mol. The third kappa shape index (κ3) is 3.43. The van der Waals surface area contributed by atoms with E-state index in [0.29, 0.717) is 4.31 Å². The van der Waals surface area contributed by atoms with E-state index in [9.17, 15) is 17.2 Å². The average molecular weight is 246 g/mol. The van der Waals surface area contributed by atoms with Crippen LogP contribution in [0.25, 0.3) is 0 Å². The number of thiocarbonyl (C=S) groups is 1. The zero-order valence-corrected chi connectivity index (χ0v) is 9.41. The van der Waals surface area contributed by atoms with Crippen molar-refractivity contribution in [3.8, 4) is 0 Å². The van der Waals surface area contributed by atoms with E-state index in [1.54, 1.807) is 0 Å². The molecule has 2 N–H and O–H groups in total. The van der Waals surface area contributed by atoms with E-state index in [2.05, 4.69) is 12.2 Å². The molecular formula is C6H12F2N2O2S2. The first-order valence-electron chi connectivity index (χ1n) is 3.72. The van der Waals surface area contributed by atoms with Gasteiger partial charge >= 0.3 is 0 Å². The molecule has 0 fully saturated rings. The van der Waals surface area contributed by atoms with Crippen LogP contribution in [0.15, 0.2) is 0 Å². The number of rotatable bonds is 5. The molecule has 1 unspecified atom stereocenters. The Morgan fingerprint density at radius 1 is 1.57 bits per heavy atom. The third-order valence-corrected chi connectivity index (χ3v) is 4.35. The van der Waals surface area contributed by atoms with Gasteiger partial charge in [-0.1, -0.05) is 12.2 Å². The summed E-state index contributed by atoms with van der Waals surface area (Å²) in [5.41, 5.74) is 5.13. The Morgan fingerprint density at radius 3 is 2.29 bits per heavy atom. The van der Waals surface area contributed by atoms with E-state index < -0.39 is 28.2 Å². The fraction of sp³-hybridized carbons (Fsp3) is 0.833. The van der Waals surface area contributed by atoms with Crippen LogP contribution in [0.1, 0.15) is 6.92 Å². The molecule has 0 aliphatic carbocycles. The number of hydrogen-bond donors (Lipinski definition) is 1. The van der Waals surface area contributed by atoms with Gasteiger partial charge in [-0.25, -0.2) is 17.2 Å². The van der Waals surface area contributed by atoms with E-state index in [0.717, 1.165) is 7.05 Å². The molecule has 0 aliphatic rings. The van der Waals surface area contributed by atoms with E-state index in [-0.39, 0.29) is 4.99 Å². The summed E-state index contributed by atoms with van der Waals surface area (Å²) in [6, 6.07) is 0. The van der Waals surface area contributed by atoms with Crippen molar-refractivity contribution in [1.82, 2.24) is 4.31 Å². The summed E-state index contributed by atoms with van der Waals surface area (Å²) < 4.78 is 47.2. The summed E-state index contributed by atoms with van der Waals surface area (Å²) in [6.07, 6.45) is -2.71. The first kappa shape index (κ1) is 13.7. The molecule has 8 heteroatoms. The largest absolute Gasteiger partial charge is 0.392 e. The van der Waals surface area contributed by atoms with Crippen molar-refractivity contribution in [3.63, 3.8) is 0 Å². The summed E-state index contributed by atoms with van der Waals surface area (Å²) in [5, 5.41) is -1.12. The van der Waals surface area contributed by atoms with Gasteiger partial charge in [-0.2, -0.15) is 4.31 Å². The van der Waals surface area contributed by atoms with E-state index in [4.69, 9.17) is 5.73 Å². The number of nitrogens with two attached hydrogens (primary N) is 1. The molecule has 84 valence electrons. The average Bonchev–Trinajstić information content (AvgIpc) is 2.01. The van der Waals surface area contributed by atoms with Crippen LogP contribution in [0.3, 0.4) is 0 Å². The van der Waals surface area contributed by atoms with Crippen molar-refractivity contribution in [3.05, 3.63) is 0 Å². The lowest BCUT2D eigenvalue weighted by molar-refractivity contribution is 0.126. The maximum Gasteiger partial charge on any atom is 0.252 e. The number of sulfonamides is 1. The van der Waals surface area contributed by atoms with Crippen LogP contribution in [0.5, 0.6) is 0 Å².